The number of hydrogen-bond donors (Lipinski definition) is 2. The molecule has 0 radical (unpaired) electrons. The number of halogens is 1. The first-order valence-electron chi connectivity index (χ1n) is 7.41. The zero-order chi connectivity index (χ0) is 15.8. The Hall–Kier alpha value is -1.88. The summed E-state index contributed by atoms with van der Waals surface area (Å²) in [7, 11) is 0. The molecule has 0 unspecified atom stereocenters. The first-order chi connectivity index (χ1) is 10.7. The average Bonchev–Trinajstić information content (AvgIpc) is 2.55. The second-order valence-electron chi connectivity index (χ2n) is 5.02. The molecule has 0 saturated carbocycles. The van der Waals surface area contributed by atoms with Crippen molar-refractivity contribution >= 4 is 27.7 Å². The van der Waals surface area contributed by atoms with Crippen LogP contribution in [0.3, 0.4) is 0 Å². The van der Waals surface area contributed by atoms with Crippen LogP contribution in [0.1, 0.15) is 35.7 Å². The molecule has 5 heteroatoms. The Kier molecular flexibility index (Phi) is 6.40. The van der Waals surface area contributed by atoms with Gasteiger partial charge < -0.3 is 10.6 Å². The van der Waals surface area contributed by atoms with Gasteiger partial charge in [0.05, 0.1) is 0 Å². The second kappa shape index (κ2) is 8.54. The van der Waals surface area contributed by atoms with Gasteiger partial charge >= 0.3 is 0 Å². The maximum atomic E-state index is 11.9. The molecule has 0 aliphatic rings. The summed E-state index contributed by atoms with van der Waals surface area (Å²) < 4.78 is 0.955. The first kappa shape index (κ1) is 16.5. The number of benzene rings is 1. The topological polar surface area (TPSA) is 54.0 Å². The minimum atomic E-state index is -0.0115. The Morgan fingerprint density at radius 1 is 1.18 bits per heavy atom. The number of aromatic nitrogens is 1. The molecule has 1 aromatic heterocycles. The van der Waals surface area contributed by atoms with Gasteiger partial charge in [0, 0.05) is 29.3 Å². The van der Waals surface area contributed by atoms with Gasteiger partial charge in [-0.15, -0.1) is 0 Å². The van der Waals surface area contributed by atoms with E-state index in [0.29, 0.717) is 12.1 Å². The van der Waals surface area contributed by atoms with E-state index in [1.807, 2.05) is 36.4 Å². The molecule has 2 N–H and O–H groups in total. The van der Waals surface area contributed by atoms with Gasteiger partial charge in [0.1, 0.15) is 5.82 Å². The maximum Gasteiger partial charge on any atom is 0.251 e. The lowest BCUT2D eigenvalue weighted by molar-refractivity contribution is 0.0953. The molecule has 0 fully saturated rings. The van der Waals surface area contributed by atoms with Crippen LogP contribution < -0.4 is 10.6 Å². The quantitative estimate of drug-likeness (QED) is 0.733. The number of carbonyl (C=O) groups is 1. The van der Waals surface area contributed by atoms with Crippen LogP contribution in [-0.2, 0) is 6.54 Å². The molecule has 1 amide bonds. The van der Waals surface area contributed by atoms with Crippen LogP contribution in [0.2, 0.25) is 0 Å². The van der Waals surface area contributed by atoms with E-state index in [4.69, 9.17) is 0 Å². The molecule has 0 aliphatic heterocycles. The van der Waals surface area contributed by atoms with Crippen LogP contribution in [0, 0.1) is 0 Å². The number of amides is 1. The lowest BCUT2D eigenvalue weighted by Crippen LogP contribution is -2.24. The summed E-state index contributed by atoms with van der Waals surface area (Å²) >= 11 is 3.36. The second-order valence-corrected chi connectivity index (χ2v) is 5.94. The minimum Gasteiger partial charge on any atom is -0.366 e. The van der Waals surface area contributed by atoms with E-state index in [1.54, 1.807) is 6.20 Å². The van der Waals surface area contributed by atoms with Gasteiger partial charge in [-0.05, 0) is 52.2 Å². The van der Waals surface area contributed by atoms with Crippen LogP contribution in [0.25, 0.3) is 0 Å². The fourth-order valence-electron chi connectivity index (χ4n) is 1.93. The summed E-state index contributed by atoms with van der Waals surface area (Å²) in [4.78, 5) is 16.2. The van der Waals surface area contributed by atoms with Gasteiger partial charge in [-0.3, -0.25) is 4.79 Å². The average molecular weight is 362 g/mol. The highest BCUT2D eigenvalue weighted by Gasteiger charge is 2.04. The number of hydrogen-bond acceptors (Lipinski definition) is 3. The summed E-state index contributed by atoms with van der Waals surface area (Å²) in [6.45, 7) is 3.51. The van der Waals surface area contributed by atoms with Gasteiger partial charge in [0.15, 0.2) is 0 Å². The number of carbonyl (C=O) groups excluding carboxylic acids is 1. The lowest BCUT2D eigenvalue weighted by Gasteiger charge is -2.07. The van der Waals surface area contributed by atoms with Gasteiger partial charge in [-0.25, -0.2) is 4.98 Å². The van der Waals surface area contributed by atoms with Crippen molar-refractivity contribution in [3.63, 3.8) is 0 Å². The molecule has 0 bridgehead atoms. The zero-order valence-electron chi connectivity index (χ0n) is 12.6. The fraction of sp³-hybridized carbons (Fsp3) is 0.294. The van der Waals surface area contributed by atoms with Crippen molar-refractivity contribution in [1.82, 2.24) is 10.3 Å². The highest BCUT2D eigenvalue weighted by atomic mass is 79.9. The molecule has 0 aliphatic carbocycles. The number of unbranched alkanes of at least 4 members (excludes halogenated alkanes) is 1. The van der Waals surface area contributed by atoms with E-state index in [9.17, 15) is 4.79 Å². The van der Waals surface area contributed by atoms with Crippen LogP contribution in [0.15, 0.2) is 47.1 Å². The molecule has 0 atom stereocenters. The van der Waals surface area contributed by atoms with E-state index in [-0.39, 0.29) is 5.91 Å². The highest BCUT2D eigenvalue weighted by molar-refractivity contribution is 9.10. The zero-order valence-corrected chi connectivity index (χ0v) is 14.2. The standard InChI is InChI=1S/C17H20BrN3O/c1-2-3-10-19-17(22)14-6-4-13(5-7-14)11-20-16-9-8-15(18)12-21-16/h4-9,12H,2-3,10-11H2,1H3,(H,19,22)(H,20,21). The number of nitrogens with zero attached hydrogens (tertiary/aromatic N) is 1. The third-order valence-corrected chi connectivity index (χ3v) is 3.70. The van der Waals surface area contributed by atoms with Gasteiger partial charge in [0.25, 0.3) is 5.91 Å². The Morgan fingerprint density at radius 2 is 1.95 bits per heavy atom. The molecule has 2 aromatic rings. The lowest BCUT2D eigenvalue weighted by atomic mass is 10.1. The Morgan fingerprint density at radius 3 is 2.59 bits per heavy atom. The Balaban J connectivity index is 1.86. The number of rotatable bonds is 7. The Labute approximate surface area is 139 Å². The predicted octanol–water partition coefficient (Wildman–Crippen LogP) is 3.99. The van der Waals surface area contributed by atoms with E-state index in [0.717, 1.165) is 35.2 Å². The monoisotopic (exact) mass is 361 g/mol. The number of pyridine rings is 1. The largest absolute Gasteiger partial charge is 0.366 e. The summed E-state index contributed by atoms with van der Waals surface area (Å²) in [6.07, 6.45) is 3.84. The van der Waals surface area contributed by atoms with Crippen molar-refractivity contribution in [3.8, 4) is 0 Å². The molecule has 116 valence electrons. The summed E-state index contributed by atoms with van der Waals surface area (Å²) in [5.41, 5.74) is 1.80. The van der Waals surface area contributed by atoms with E-state index >= 15 is 0 Å². The first-order valence-corrected chi connectivity index (χ1v) is 8.21. The summed E-state index contributed by atoms with van der Waals surface area (Å²) in [5.74, 6) is 0.812. The van der Waals surface area contributed by atoms with E-state index < -0.39 is 0 Å². The predicted molar refractivity (Wildman–Crippen MR) is 92.9 cm³/mol. The normalized spacial score (nSPS) is 10.3. The van der Waals surface area contributed by atoms with Crippen molar-refractivity contribution in [2.45, 2.75) is 26.3 Å². The highest BCUT2D eigenvalue weighted by Crippen LogP contribution is 2.12. The SMILES string of the molecule is CCCCNC(=O)c1ccc(CNc2ccc(Br)cn2)cc1. The van der Waals surface area contributed by atoms with Crippen molar-refractivity contribution in [2.75, 3.05) is 11.9 Å². The van der Waals surface area contributed by atoms with Crippen molar-refractivity contribution in [2.24, 2.45) is 0 Å². The third-order valence-electron chi connectivity index (χ3n) is 3.23. The molecular formula is C17H20BrN3O. The van der Waals surface area contributed by atoms with Crippen LogP contribution in [-0.4, -0.2) is 17.4 Å². The van der Waals surface area contributed by atoms with Crippen LogP contribution in [0.5, 0.6) is 0 Å². The molecule has 2 rings (SSSR count). The van der Waals surface area contributed by atoms with Gasteiger partial charge in [-0.2, -0.15) is 0 Å². The fourth-order valence-corrected chi connectivity index (χ4v) is 2.16. The molecular weight excluding hydrogens is 342 g/mol. The smallest absolute Gasteiger partial charge is 0.251 e. The van der Waals surface area contributed by atoms with Crippen LogP contribution >= 0.6 is 15.9 Å². The van der Waals surface area contributed by atoms with Crippen molar-refractivity contribution in [3.05, 3.63) is 58.2 Å². The molecule has 4 nitrogen and oxygen atoms in total. The van der Waals surface area contributed by atoms with Crippen molar-refractivity contribution in [1.29, 1.82) is 0 Å². The number of anilines is 1. The molecule has 22 heavy (non-hydrogen) atoms. The third kappa shape index (κ3) is 5.15. The summed E-state index contributed by atoms with van der Waals surface area (Å²) in [5, 5.41) is 6.16. The Bertz CT molecular complexity index is 596. The van der Waals surface area contributed by atoms with E-state index in [2.05, 4.69) is 38.5 Å². The van der Waals surface area contributed by atoms with Crippen LogP contribution in [0.4, 0.5) is 5.82 Å². The van der Waals surface area contributed by atoms with Crippen molar-refractivity contribution < 1.29 is 4.79 Å². The van der Waals surface area contributed by atoms with Gasteiger partial charge in [0.2, 0.25) is 0 Å². The maximum absolute atomic E-state index is 11.9. The number of nitrogens with one attached hydrogen (secondary N) is 2. The minimum absolute atomic E-state index is 0.0115. The van der Waals surface area contributed by atoms with Gasteiger partial charge in [-0.1, -0.05) is 25.5 Å². The molecule has 1 aromatic carbocycles. The molecule has 1 heterocycles. The summed E-state index contributed by atoms with van der Waals surface area (Å²) in [6, 6.07) is 11.5. The molecule has 0 saturated heterocycles. The van der Waals surface area contributed by atoms with E-state index in [1.165, 1.54) is 0 Å². The molecule has 0 spiro atoms.